The highest BCUT2D eigenvalue weighted by atomic mass is 16.5. The molecule has 0 radical (unpaired) electrons. The van der Waals surface area contributed by atoms with E-state index in [0.717, 1.165) is 50.0 Å². The third kappa shape index (κ3) is 2.67. The van der Waals surface area contributed by atoms with Crippen molar-refractivity contribution in [2.75, 3.05) is 13.7 Å². The fourth-order valence-electron chi connectivity index (χ4n) is 3.11. The number of carbonyl (C=O) groups is 1. The van der Waals surface area contributed by atoms with Crippen LogP contribution in [0, 0.1) is 0 Å². The second-order valence-corrected chi connectivity index (χ2v) is 5.89. The molecule has 21 heavy (non-hydrogen) atoms. The summed E-state index contributed by atoms with van der Waals surface area (Å²) in [5.41, 5.74) is 1.01. The molecule has 2 saturated carbocycles. The van der Waals surface area contributed by atoms with Gasteiger partial charge >= 0.3 is 5.97 Å². The summed E-state index contributed by atoms with van der Waals surface area (Å²) in [6.07, 6.45) is 7.97. The Bertz CT molecular complexity index is 534. The highest BCUT2D eigenvalue weighted by Gasteiger charge is 2.40. The monoisotopic (exact) mass is 290 g/mol. The molecular weight excluding hydrogens is 268 g/mol. The predicted octanol–water partition coefficient (Wildman–Crippen LogP) is 2.95. The Hall–Kier alpha value is -1.49. The Labute approximate surface area is 125 Å². The Kier molecular flexibility index (Phi) is 3.93. The molecule has 2 aliphatic carbocycles. The van der Waals surface area contributed by atoms with Crippen molar-refractivity contribution < 1.29 is 14.3 Å². The normalized spacial score (nSPS) is 20.5. The maximum Gasteiger partial charge on any atom is 0.341 e. The van der Waals surface area contributed by atoms with Crippen LogP contribution in [0.3, 0.4) is 0 Å². The maximum absolute atomic E-state index is 12.0. The third-order valence-electron chi connectivity index (χ3n) is 4.49. The number of nitrogens with zero attached hydrogens (tertiary/aromatic N) is 2. The van der Waals surface area contributed by atoms with Gasteiger partial charge in [0.25, 0.3) is 0 Å². The first-order chi connectivity index (χ1) is 10.2. The van der Waals surface area contributed by atoms with Crippen LogP contribution in [0.4, 0.5) is 0 Å². The van der Waals surface area contributed by atoms with Crippen molar-refractivity contribution in [3.63, 3.8) is 0 Å². The molecule has 114 valence electrons. The number of aromatic nitrogens is 2. The Morgan fingerprint density at radius 3 is 2.67 bits per heavy atom. The molecule has 2 fully saturated rings. The molecule has 2 aliphatic rings. The van der Waals surface area contributed by atoms with E-state index in [-0.39, 0.29) is 11.6 Å². The van der Waals surface area contributed by atoms with Crippen LogP contribution in [0.2, 0.25) is 0 Å². The molecule has 0 atom stereocenters. The van der Waals surface area contributed by atoms with E-state index >= 15 is 0 Å². The van der Waals surface area contributed by atoms with E-state index in [4.69, 9.17) is 14.5 Å². The highest BCUT2D eigenvalue weighted by molar-refractivity contribution is 5.90. The lowest BCUT2D eigenvalue weighted by Gasteiger charge is -2.26. The molecule has 3 rings (SSSR count). The molecular formula is C16H22N2O3. The van der Waals surface area contributed by atoms with Crippen molar-refractivity contribution in [1.29, 1.82) is 0 Å². The van der Waals surface area contributed by atoms with E-state index < -0.39 is 0 Å². The summed E-state index contributed by atoms with van der Waals surface area (Å²) in [4.78, 5) is 21.2. The fraction of sp³-hybridized carbons (Fsp3) is 0.688. The van der Waals surface area contributed by atoms with Gasteiger partial charge in [0.15, 0.2) is 5.82 Å². The van der Waals surface area contributed by atoms with E-state index in [1.165, 1.54) is 0 Å². The van der Waals surface area contributed by atoms with Crippen molar-refractivity contribution in [3.8, 4) is 0 Å². The summed E-state index contributed by atoms with van der Waals surface area (Å²) < 4.78 is 10.9. The van der Waals surface area contributed by atoms with Crippen molar-refractivity contribution in [2.24, 2.45) is 0 Å². The smallest absolute Gasteiger partial charge is 0.341 e. The summed E-state index contributed by atoms with van der Waals surface area (Å²) >= 11 is 0. The van der Waals surface area contributed by atoms with Gasteiger partial charge in [0.05, 0.1) is 17.9 Å². The first-order valence-corrected chi connectivity index (χ1v) is 7.80. The quantitative estimate of drug-likeness (QED) is 0.780. The largest absolute Gasteiger partial charge is 0.462 e. The molecule has 1 aromatic rings. The van der Waals surface area contributed by atoms with Crippen molar-refractivity contribution in [3.05, 3.63) is 23.3 Å². The first kappa shape index (κ1) is 14.4. The van der Waals surface area contributed by atoms with Crippen LogP contribution in [0.15, 0.2) is 6.20 Å². The SMILES string of the molecule is CCOC(=O)c1cnc(C2(OC)CCCC2)nc1C1CC1. The number of hydrogen-bond donors (Lipinski definition) is 0. The van der Waals surface area contributed by atoms with Crippen molar-refractivity contribution in [2.45, 2.75) is 57.0 Å². The summed E-state index contributed by atoms with van der Waals surface area (Å²) in [5, 5.41) is 0. The fourth-order valence-corrected chi connectivity index (χ4v) is 3.11. The van der Waals surface area contributed by atoms with Crippen LogP contribution in [-0.4, -0.2) is 29.7 Å². The van der Waals surface area contributed by atoms with Gasteiger partial charge in [-0.15, -0.1) is 0 Å². The lowest BCUT2D eigenvalue weighted by atomic mass is 10.00. The molecule has 5 heteroatoms. The molecule has 0 spiro atoms. The number of methoxy groups -OCH3 is 1. The average molecular weight is 290 g/mol. The molecule has 1 aromatic heterocycles. The first-order valence-electron chi connectivity index (χ1n) is 7.80. The van der Waals surface area contributed by atoms with Crippen LogP contribution in [0.1, 0.15) is 73.2 Å². The molecule has 1 heterocycles. The predicted molar refractivity (Wildman–Crippen MR) is 77.1 cm³/mol. The molecule has 0 aliphatic heterocycles. The Morgan fingerprint density at radius 2 is 2.10 bits per heavy atom. The van der Waals surface area contributed by atoms with E-state index in [2.05, 4.69) is 4.98 Å². The number of esters is 1. The van der Waals surface area contributed by atoms with Crippen LogP contribution in [-0.2, 0) is 15.1 Å². The molecule has 0 N–H and O–H groups in total. The minimum atomic E-state index is -0.364. The maximum atomic E-state index is 12.0. The zero-order valence-electron chi connectivity index (χ0n) is 12.7. The van der Waals surface area contributed by atoms with E-state index in [1.54, 1.807) is 13.3 Å². The van der Waals surface area contributed by atoms with E-state index in [9.17, 15) is 4.79 Å². The molecule has 5 nitrogen and oxygen atoms in total. The Balaban J connectivity index is 1.97. The number of rotatable bonds is 5. The number of carbonyl (C=O) groups excluding carboxylic acids is 1. The van der Waals surface area contributed by atoms with Gasteiger partial charge in [0, 0.05) is 19.2 Å². The number of ether oxygens (including phenoxy) is 2. The average Bonchev–Trinajstić information content (AvgIpc) is 3.24. The molecule has 0 unspecified atom stereocenters. The van der Waals surface area contributed by atoms with Gasteiger partial charge < -0.3 is 9.47 Å². The second-order valence-electron chi connectivity index (χ2n) is 5.89. The lowest BCUT2D eigenvalue weighted by molar-refractivity contribution is -0.0165. The summed E-state index contributed by atoms with van der Waals surface area (Å²) in [7, 11) is 1.73. The lowest BCUT2D eigenvalue weighted by Crippen LogP contribution is -2.28. The standard InChI is InChI=1S/C16H22N2O3/c1-3-21-14(19)12-10-17-15(18-13(12)11-6-7-11)16(20-2)8-4-5-9-16/h10-11H,3-9H2,1-2H3. The molecule has 0 amide bonds. The van der Waals surface area contributed by atoms with Gasteiger partial charge in [0.1, 0.15) is 5.60 Å². The molecule has 0 saturated heterocycles. The highest BCUT2D eigenvalue weighted by Crippen LogP contribution is 2.44. The van der Waals surface area contributed by atoms with Crippen LogP contribution in [0.25, 0.3) is 0 Å². The summed E-state index contributed by atoms with van der Waals surface area (Å²) in [5.74, 6) is 0.794. The Morgan fingerprint density at radius 1 is 1.38 bits per heavy atom. The minimum Gasteiger partial charge on any atom is -0.462 e. The van der Waals surface area contributed by atoms with Gasteiger partial charge in [0.2, 0.25) is 0 Å². The van der Waals surface area contributed by atoms with Crippen LogP contribution < -0.4 is 0 Å². The number of hydrogen-bond acceptors (Lipinski definition) is 5. The van der Waals surface area contributed by atoms with Crippen molar-refractivity contribution >= 4 is 5.97 Å². The van der Waals surface area contributed by atoms with E-state index in [1.807, 2.05) is 6.92 Å². The van der Waals surface area contributed by atoms with Crippen molar-refractivity contribution in [1.82, 2.24) is 9.97 Å². The topological polar surface area (TPSA) is 61.3 Å². The zero-order chi connectivity index (χ0) is 14.9. The molecule has 0 bridgehead atoms. The summed E-state index contributed by atoms with van der Waals surface area (Å²) in [6.45, 7) is 2.18. The minimum absolute atomic E-state index is 0.316. The van der Waals surface area contributed by atoms with Gasteiger partial charge in [-0.2, -0.15) is 0 Å². The van der Waals surface area contributed by atoms with E-state index in [0.29, 0.717) is 18.1 Å². The van der Waals surface area contributed by atoms with Gasteiger partial charge in [-0.05, 0) is 45.4 Å². The van der Waals surface area contributed by atoms with Gasteiger partial charge in [-0.25, -0.2) is 14.8 Å². The second kappa shape index (κ2) is 5.72. The molecule has 0 aromatic carbocycles. The summed E-state index contributed by atoms with van der Waals surface area (Å²) in [6, 6.07) is 0. The van der Waals surface area contributed by atoms with Crippen LogP contribution >= 0.6 is 0 Å². The van der Waals surface area contributed by atoms with Crippen LogP contribution in [0.5, 0.6) is 0 Å². The van der Waals surface area contributed by atoms with Gasteiger partial charge in [-0.1, -0.05) is 0 Å². The zero-order valence-corrected chi connectivity index (χ0v) is 12.7. The van der Waals surface area contributed by atoms with Gasteiger partial charge in [-0.3, -0.25) is 0 Å². The third-order valence-corrected chi connectivity index (χ3v) is 4.49.